The van der Waals surface area contributed by atoms with Gasteiger partial charge in [-0.25, -0.2) is 17.5 Å². The number of hydrogen-bond donors (Lipinski definition) is 1. The Bertz CT molecular complexity index is 991. The van der Waals surface area contributed by atoms with Crippen molar-refractivity contribution in [2.24, 2.45) is 0 Å². The Morgan fingerprint density at radius 1 is 0.778 bits per heavy atom. The molecule has 0 amide bonds. The molecule has 27 heavy (non-hydrogen) atoms. The number of halogens is 1. The van der Waals surface area contributed by atoms with Crippen LogP contribution >= 0.6 is 0 Å². The summed E-state index contributed by atoms with van der Waals surface area (Å²) in [5.74, 6) is -0.588. The highest BCUT2D eigenvalue weighted by Crippen LogP contribution is 2.13. The van der Waals surface area contributed by atoms with E-state index in [0.29, 0.717) is 13.2 Å². The fourth-order valence-corrected chi connectivity index (χ4v) is 3.64. The van der Waals surface area contributed by atoms with Crippen LogP contribution in [-0.4, -0.2) is 8.42 Å². The second-order valence-electron chi connectivity index (χ2n) is 6.08. The summed E-state index contributed by atoms with van der Waals surface area (Å²) in [6.45, 7) is 1.06. The maximum Gasteiger partial charge on any atom is 0.240 e. The highest BCUT2D eigenvalue weighted by Gasteiger charge is 2.14. The lowest BCUT2D eigenvalue weighted by molar-refractivity contribution is 0.107. The van der Waals surface area contributed by atoms with Crippen LogP contribution in [0.4, 0.5) is 4.39 Å². The Morgan fingerprint density at radius 3 is 2.22 bits per heavy atom. The molecule has 3 aromatic carbocycles. The molecule has 1 N–H and O–H groups in total. The van der Waals surface area contributed by atoms with Gasteiger partial charge in [0.1, 0.15) is 5.82 Å². The summed E-state index contributed by atoms with van der Waals surface area (Å²) in [7, 11) is -3.77. The van der Waals surface area contributed by atoms with E-state index < -0.39 is 15.8 Å². The highest BCUT2D eigenvalue weighted by atomic mass is 32.2. The molecule has 0 atom stereocenters. The maximum atomic E-state index is 13.2. The third-order valence-electron chi connectivity index (χ3n) is 3.94. The van der Waals surface area contributed by atoms with Crippen LogP contribution in [0.2, 0.25) is 0 Å². The zero-order valence-corrected chi connectivity index (χ0v) is 15.5. The van der Waals surface area contributed by atoms with Crippen LogP contribution in [0.3, 0.4) is 0 Å². The zero-order chi connectivity index (χ0) is 19.1. The van der Waals surface area contributed by atoms with Gasteiger partial charge in [0.2, 0.25) is 10.0 Å². The van der Waals surface area contributed by atoms with Crippen molar-refractivity contribution in [3.8, 4) is 0 Å². The number of benzene rings is 3. The molecule has 0 saturated heterocycles. The van der Waals surface area contributed by atoms with Gasteiger partial charge in [0.15, 0.2) is 0 Å². The van der Waals surface area contributed by atoms with E-state index in [4.69, 9.17) is 4.74 Å². The molecule has 0 unspecified atom stereocenters. The quantitative estimate of drug-likeness (QED) is 0.637. The van der Waals surface area contributed by atoms with Crippen LogP contribution in [0.5, 0.6) is 0 Å². The Morgan fingerprint density at radius 2 is 1.44 bits per heavy atom. The van der Waals surface area contributed by atoms with Crippen LogP contribution in [0, 0.1) is 5.82 Å². The lowest BCUT2D eigenvalue weighted by atomic mass is 10.1. The molecular formula is C21H20FNO3S. The van der Waals surface area contributed by atoms with Crippen LogP contribution in [0.25, 0.3) is 0 Å². The monoisotopic (exact) mass is 385 g/mol. The topological polar surface area (TPSA) is 55.4 Å². The number of sulfonamides is 1. The molecule has 0 spiro atoms. The standard InChI is InChI=1S/C21H20FNO3S/c22-20-10-5-11-21(13-20)27(24,25)23-14-18-8-4-9-19(12-18)16-26-15-17-6-2-1-3-7-17/h1-13,23H,14-16H2. The van der Waals surface area contributed by atoms with Gasteiger partial charge in [-0.1, -0.05) is 60.7 Å². The first-order chi connectivity index (χ1) is 13.0. The average molecular weight is 385 g/mol. The van der Waals surface area contributed by atoms with Gasteiger partial charge >= 0.3 is 0 Å². The molecule has 4 nitrogen and oxygen atoms in total. The predicted octanol–water partition coefficient (Wildman–Crippen LogP) is 4.02. The second kappa shape index (κ2) is 8.90. The third-order valence-corrected chi connectivity index (χ3v) is 5.34. The molecule has 0 aliphatic carbocycles. The highest BCUT2D eigenvalue weighted by molar-refractivity contribution is 7.89. The Kier molecular flexibility index (Phi) is 6.34. The molecule has 0 aromatic heterocycles. The molecule has 0 saturated carbocycles. The van der Waals surface area contributed by atoms with Crippen molar-refractivity contribution in [3.05, 3.63) is 101 Å². The van der Waals surface area contributed by atoms with Gasteiger partial charge in [-0.15, -0.1) is 0 Å². The van der Waals surface area contributed by atoms with Gasteiger partial charge in [-0.05, 0) is 34.9 Å². The van der Waals surface area contributed by atoms with Crippen molar-refractivity contribution in [1.29, 1.82) is 0 Å². The van der Waals surface area contributed by atoms with Crippen LogP contribution in [-0.2, 0) is 34.5 Å². The minimum atomic E-state index is -3.77. The van der Waals surface area contributed by atoms with E-state index in [0.717, 1.165) is 22.8 Å². The summed E-state index contributed by atoms with van der Waals surface area (Å²) in [6.07, 6.45) is 0. The van der Waals surface area contributed by atoms with E-state index in [1.807, 2.05) is 54.6 Å². The molecule has 0 radical (unpaired) electrons. The molecule has 3 rings (SSSR count). The van der Waals surface area contributed by atoms with E-state index in [9.17, 15) is 12.8 Å². The van der Waals surface area contributed by atoms with Crippen LogP contribution in [0.15, 0.2) is 83.8 Å². The van der Waals surface area contributed by atoms with E-state index in [1.54, 1.807) is 0 Å². The van der Waals surface area contributed by atoms with Gasteiger partial charge < -0.3 is 4.74 Å². The number of nitrogens with one attached hydrogen (secondary N) is 1. The van der Waals surface area contributed by atoms with Crippen molar-refractivity contribution in [2.45, 2.75) is 24.7 Å². The summed E-state index contributed by atoms with van der Waals surface area (Å²) in [5, 5.41) is 0. The first-order valence-corrected chi connectivity index (χ1v) is 9.96. The molecule has 0 heterocycles. The van der Waals surface area contributed by atoms with Gasteiger partial charge in [-0.3, -0.25) is 0 Å². The zero-order valence-electron chi connectivity index (χ0n) is 14.6. The van der Waals surface area contributed by atoms with Crippen LogP contribution < -0.4 is 4.72 Å². The van der Waals surface area contributed by atoms with Gasteiger partial charge in [-0.2, -0.15) is 0 Å². The summed E-state index contributed by atoms with van der Waals surface area (Å²) >= 11 is 0. The van der Waals surface area contributed by atoms with Crippen molar-refractivity contribution in [1.82, 2.24) is 4.72 Å². The predicted molar refractivity (Wildman–Crippen MR) is 102 cm³/mol. The number of ether oxygens (including phenoxy) is 1. The fraction of sp³-hybridized carbons (Fsp3) is 0.143. The minimum Gasteiger partial charge on any atom is -0.372 e. The third kappa shape index (κ3) is 5.72. The largest absolute Gasteiger partial charge is 0.372 e. The molecule has 140 valence electrons. The SMILES string of the molecule is O=S(=O)(NCc1cccc(COCc2ccccc2)c1)c1cccc(F)c1. The average Bonchev–Trinajstić information content (AvgIpc) is 2.68. The maximum absolute atomic E-state index is 13.2. The molecular weight excluding hydrogens is 365 g/mol. The molecule has 0 bridgehead atoms. The van der Waals surface area contributed by atoms with Crippen molar-refractivity contribution in [2.75, 3.05) is 0 Å². The number of rotatable bonds is 8. The Hall–Kier alpha value is -2.54. The van der Waals surface area contributed by atoms with Crippen LogP contribution in [0.1, 0.15) is 16.7 Å². The smallest absolute Gasteiger partial charge is 0.240 e. The van der Waals surface area contributed by atoms with E-state index in [1.165, 1.54) is 18.2 Å². The molecule has 0 aliphatic rings. The van der Waals surface area contributed by atoms with E-state index >= 15 is 0 Å². The summed E-state index contributed by atoms with van der Waals surface area (Å²) in [6, 6.07) is 22.3. The first-order valence-electron chi connectivity index (χ1n) is 8.48. The Balaban J connectivity index is 1.57. The molecule has 3 aromatic rings. The van der Waals surface area contributed by atoms with Gasteiger partial charge in [0.05, 0.1) is 18.1 Å². The normalized spacial score (nSPS) is 11.4. The summed E-state index contributed by atoms with van der Waals surface area (Å²) in [5.41, 5.74) is 2.85. The fourth-order valence-electron chi connectivity index (χ4n) is 2.59. The van der Waals surface area contributed by atoms with Crippen molar-refractivity contribution < 1.29 is 17.5 Å². The van der Waals surface area contributed by atoms with Crippen molar-refractivity contribution >= 4 is 10.0 Å². The lowest BCUT2D eigenvalue weighted by Gasteiger charge is -2.09. The van der Waals surface area contributed by atoms with Gasteiger partial charge in [0, 0.05) is 6.54 Å². The Labute approximate surface area is 158 Å². The summed E-state index contributed by atoms with van der Waals surface area (Å²) < 4.78 is 46.0. The first kappa shape index (κ1) is 19.2. The molecule has 6 heteroatoms. The second-order valence-corrected chi connectivity index (χ2v) is 7.85. The molecule has 0 fully saturated rings. The van der Waals surface area contributed by atoms with E-state index in [-0.39, 0.29) is 11.4 Å². The number of hydrogen-bond acceptors (Lipinski definition) is 3. The molecule has 0 aliphatic heterocycles. The minimum absolute atomic E-state index is 0.0927. The van der Waals surface area contributed by atoms with Gasteiger partial charge in [0.25, 0.3) is 0 Å². The summed E-state index contributed by atoms with van der Waals surface area (Å²) in [4.78, 5) is -0.0927. The lowest BCUT2D eigenvalue weighted by Crippen LogP contribution is -2.23. The van der Waals surface area contributed by atoms with E-state index in [2.05, 4.69) is 4.72 Å². The van der Waals surface area contributed by atoms with Crippen molar-refractivity contribution in [3.63, 3.8) is 0 Å².